The average molecular weight is 290 g/mol. The molecule has 1 aromatic carbocycles. The molecule has 0 aliphatic rings. The molecule has 1 aromatic rings. The molecule has 1 rings (SSSR count). The van der Waals surface area contributed by atoms with E-state index in [1.807, 2.05) is 13.8 Å². The quantitative estimate of drug-likeness (QED) is 0.684. The summed E-state index contributed by atoms with van der Waals surface area (Å²) in [6, 6.07) is 2.86. The predicted molar refractivity (Wildman–Crippen MR) is 71.5 cm³/mol. The number of aliphatic hydroxyl groups excluding tert-OH is 1. The maximum absolute atomic E-state index is 13.0. The lowest BCUT2D eigenvalue weighted by Crippen LogP contribution is -2.39. The Morgan fingerprint density at radius 1 is 1.42 bits per heavy atom. The minimum Gasteiger partial charge on any atom is -0.396 e. The van der Waals surface area contributed by atoms with Crippen molar-refractivity contribution in [3.8, 4) is 0 Å². The summed E-state index contributed by atoms with van der Waals surface area (Å²) in [6.45, 7) is 3.58. The molecule has 0 amide bonds. The summed E-state index contributed by atoms with van der Waals surface area (Å²) in [5.41, 5.74) is 5.14. The zero-order chi connectivity index (χ0) is 14.6. The second-order valence-electron chi connectivity index (χ2n) is 4.67. The highest BCUT2D eigenvalue weighted by molar-refractivity contribution is 7.89. The first-order valence-electron chi connectivity index (χ1n) is 5.96. The average Bonchev–Trinajstić information content (AvgIpc) is 2.31. The number of aliphatic hydroxyl groups is 1. The van der Waals surface area contributed by atoms with Crippen LogP contribution in [-0.2, 0) is 10.0 Å². The molecule has 0 bridgehead atoms. The number of benzene rings is 1. The molecule has 0 aliphatic heterocycles. The van der Waals surface area contributed by atoms with Gasteiger partial charge in [0.2, 0.25) is 10.0 Å². The van der Waals surface area contributed by atoms with Crippen molar-refractivity contribution in [3.05, 3.63) is 24.0 Å². The van der Waals surface area contributed by atoms with Crippen molar-refractivity contribution in [1.29, 1.82) is 0 Å². The summed E-state index contributed by atoms with van der Waals surface area (Å²) in [7, 11) is -3.77. The van der Waals surface area contributed by atoms with E-state index in [2.05, 4.69) is 4.72 Å². The van der Waals surface area contributed by atoms with Crippen LogP contribution in [-0.4, -0.2) is 26.2 Å². The van der Waals surface area contributed by atoms with Crippen LogP contribution in [0.1, 0.15) is 20.3 Å². The fraction of sp³-hybridized carbons (Fsp3) is 0.500. The molecule has 0 aromatic heterocycles. The number of hydrogen-bond donors (Lipinski definition) is 3. The van der Waals surface area contributed by atoms with Crippen molar-refractivity contribution >= 4 is 15.7 Å². The van der Waals surface area contributed by atoms with Crippen molar-refractivity contribution in [1.82, 2.24) is 4.72 Å². The third-order valence-corrected chi connectivity index (χ3v) is 4.32. The van der Waals surface area contributed by atoms with Gasteiger partial charge >= 0.3 is 0 Å². The maximum atomic E-state index is 13.0. The van der Waals surface area contributed by atoms with E-state index in [1.54, 1.807) is 0 Å². The van der Waals surface area contributed by atoms with Crippen molar-refractivity contribution in [2.75, 3.05) is 12.3 Å². The second kappa shape index (κ2) is 6.31. The third kappa shape index (κ3) is 4.15. The van der Waals surface area contributed by atoms with Crippen molar-refractivity contribution < 1.29 is 17.9 Å². The number of nitrogens with two attached hydrogens (primary N) is 1. The Kier molecular flexibility index (Phi) is 5.28. The van der Waals surface area contributed by atoms with Crippen LogP contribution >= 0.6 is 0 Å². The molecular formula is C12H19FN2O3S. The number of sulfonamides is 1. The molecule has 1 atom stereocenters. The minimum atomic E-state index is -3.77. The van der Waals surface area contributed by atoms with Gasteiger partial charge in [-0.15, -0.1) is 0 Å². The van der Waals surface area contributed by atoms with Gasteiger partial charge in [0.05, 0.1) is 10.6 Å². The molecule has 7 heteroatoms. The second-order valence-corrected chi connectivity index (χ2v) is 6.38. The molecule has 19 heavy (non-hydrogen) atoms. The van der Waals surface area contributed by atoms with Gasteiger partial charge in [-0.1, -0.05) is 13.8 Å². The summed E-state index contributed by atoms with van der Waals surface area (Å²) in [5, 5.41) is 8.93. The molecule has 0 aliphatic carbocycles. The number of nitrogens with one attached hydrogen (secondary N) is 1. The SMILES string of the molecule is CC(C)C(CCO)NS(=O)(=O)c1ccc(F)c(N)c1. The maximum Gasteiger partial charge on any atom is 0.240 e. The number of halogens is 1. The van der Waals surface area contributed by atoms with Crippen LogP contribution in [0.5, 0.6) is 0 Å². The van der Waals surface area contributed by atoms with E-state index in [0.29, 0.717) is 6.42 Å². The predicted octanol–water partition coefficient (Wildman–Crippen LogP) is 1.09. The molecule has 4 N–H and O–H groups in total. The molecule has 0 heterocycles. The smallest absolute Gasteiger partial charge is 0.240 e. The molecule has 5 nitrogen and oxygen atoms in total. The molecule has 0 spiro atoms. The molecule has 0 saturated heterocycles. The highest BCUT2D eigenvalue weighted by Gasteiger charge is 2.22. The Bertz CT molecular complexity index is 532. The summed E-state index contributed by atoms with van der Waals surface area (Å²) in [5.74, 6) is -0.630. The molecule has 0 radical (unpaired) electrons. The topological polar surface area (TPSA) is 92.4 Å². The highest BCUT2D eigenvalue weighted by Crippen LogP contribution is 2.18. The zero-order valence-corrected chi connectivity index (χ0v) is 11.7. The summed E-state index contributed by atoms with van der Waals surface area (Å²) < 4.78 is 39.7. The van der Waals surface area contributed by atoms with Gasteiger partial charge in [0.25, 0.3) is 0 Å². The number of nitrogen functional groups attached to an aromatic ring is 1. The normalized spacial score (nSPS) is 13.7. The Balaban J connectivity index is 2.99. The van der Waals surface area contributed by atoms with E-state index in [9.17, 15) is 12.8 Å². The van der Waals surface area contributed by atoms with Crippen LogP contribution in [0.3, 0.4) is 0 Å². The standard InChI is InChI=1S/C12H19FN2O3S/c1-8(2)12(5-6-16)15-19(17,18)9-3-4-10(13)11(14)7-9/h3-4,7-8,12,15-16H,5-6,14H2,1-2H3. The van der Waals surface area contributed by atoms with Crippen LogP contribution in [0, 0.1) is 11.7 Å². The van der Waals surface area contributed by atoms with Crippen LogP contribution in [0.25, 0.3) is 0 Å². The molecular weight excluding hydrogens is 271 g/mol. The first kappa shape index (κ1) is 15.9. The molecule has 1 unspecified atom stereocenters. The van der Waals surface area contributed by atoms with E-state index < -0.39 is 15.8 Å². The van der Waals surface area contributed by atoms with Gasteiger partial charge in [0.15, 0.2) is 0 Å². The van der Waals surface area contributed by atoms with E-state index in [0.717, 1.165) is 18.2 Å². The number of rotatable bonds is 6. The van der Waals surface area contributed by atoms with Crippen LogP contribution in [0.15, 0.2) is 23.1 Å². The van der Waals surface area contributed by atoms with Crippen molar-refractivity contribution in [3.63, 3.8) is 0 Å². The minimum absolute atomic E-state index is 0.0275. The van der Waals surface area contributed by atoms with Crippen LogP contribution in [0.2, 0.25) is 0 Å². The molecule has 0 fully saturated rings. The van der Waals surface area contributed by atoms with E-state index in [1.165, 1.54) is 0 Å². The van der Waals surface area contributed by atoms with Gasteiger partial charge < -0.3 is 10.8 Å². The fourth-order valence-electron chi connectivity index (χ4n) is 1.62. The van der Waals surface area contributed by atoms with E-state index in [-0.39, 0.29) is 29.1 Å². The first-order chi connectivity index (χ1) is 8.77. The van der Waals surface area contributed by atoms with Gasteiger partial charge in [-0.3, -0.25) is 0 Å². The Labute approximate surface area is 112 Å². The Morgan fingerprint density at radius 3 is 2.53 bits per heavy atom. The van der Waals surface area contributed by atoms with E-state index in [4.69, 9.17) is 10.8 Å². The van der Waals surface area contributed by atoms with Gasteiger partial charge in [0, 0.05) is 12.6 Å². The molecule has 108 valence electrons. The monoisotopic (exact) mass is 290 g/mol. The van der Waals surface area contributed by atoms with Crippen LogP contribution in [0.4, 0.5) is 10.1 Å². The summed E-state index contributed by atoms with van der Waals surface area (Å²) >= 11 is 0. The highest BCUT2D eigenvalue weighted by atomic mass is 32.2. The van der Waals surface area contributed by atoms with Crippen LogP contribution < -0.4 is 10.5 Å². The number of hydrogen-bond acceptors (Lipinski definition) is 4. The fourth-order valence-corrected chi connectivity index (χ4v) is 3.08. The largest absolute Gasteiger partial charge is 0.396 e. The van der Waals surface area contributed by atoms with Gasteiger partial charge in [0.1, 0.15) is 5.82 Å². The lowest BCUT2D eigenvalue weighted by Gasteiger charge is -2.21. The van der Waals surface area contributed by atoms with Gasteiger partial charge in [-0.25, -0.2) is 17.5 Å². The Hall–Kier alpha value is -1.18. The van der Waals surface area contributed by atoms with Gasteiger partial charge in [-0.05, 0) is 30.5 Å². The lowest BCUT2D eigenvalue weighted by molar-refractivity contribution is 0.256. The summed E-state index contributed by atoms with van der Waals surface area (Å²) in [4.78, 5) is -0.0880. The van der Waals surface area contributed by atoms with Crippen molar-refractivity contribution in [2.24, 2.45) is 5.92 Å². The third-order valence-electron chi connectivity index (χ3n) is 2.83. The van der Waals surface area contributed by atoms with Gasteiger partial charge in [-0.2, -0.15) is 0 Å². The Morgan fingerprint density at radius 2 is 2.05 bits per heavy atom. The summed E-state index contributed by atoms with van der Waals surface area (Å²) in [6.07, 6.45) is 0.313. The first-order valence-corrected chi connectivity index (χ1v) is 7.44. The molecule has 0 saturated carbocycles. The lowest BCUT2D eigenvalue weighted by atomic mass is 10.0. The van der Waals surface area contributed by atoms with E-state index >= 15 is 0 Å². The number of anilines is 1. The van der Waals surface area contributed by atoms with Crippen molar-refractivity contribution in [2.45, 2.75) is 31.2 Å². The zero-order valence-electron chi connectivity index (χ0n) is 10.9.